The molecule has 3 nitrogen and oxygen atoms in total. The van der Waals surface area contributed by atoms with Crippen molar-refractivity contribution in [3.8, 4) is 5.75 Å². The van der Waals surface area contributed by atoms with Gasteiger partial charge < -0.3 is 9.57 Å². The number of halogens is 3. The summed E-state index contributed by atoms with van der Waals surface area (Å²) in [5.41, 5.74) is 0. The minimum absolute atomic E-state index is 0.202. The van der Waals surface area contributed by atoms with Gasteiger partial charge in [0, 0.05) is 10.0 Å². The number of benzene rings is 1. The highest BCUT2D eigenvalue weighted by Gasteiger charge is 2.10. The van der Waals surface area contributed by atoms with Crippen molar-refractivity contribution in [3.63, 3.8) is 0 Å². The number of hydrogen-bond donors (Lipinski definition) is 1. The van der Waals surface area contributed by atoms with Gasteiger partial charge >= 0.3 is 0 Å². The van der Waals surface area contributed by atoms with Crippen LogP contribution in [-0.2, 0) is 4.84 Å². The predicted molar refractivity (Wildman–Crippen MR) is 61.7 cm³/mol. The quantitative estimate of drug-likeness (QED) is 0.661. The van der Waals surface area contributed by atoms with Crippen molar-refractivity contribution < 1.29 is 9.57 Å². The maximum atomic E-state index is 5.80. The molecule has 1 rings (SSSR count). The average molecular weight is 271 g/mol. The summed E-state index contributed by atoms with van der Waals surface area (Å²) in [5.74, 6) is 5.73. The lowest BCUT2D eigenvalue weighted by Gasteiger charge is -2.15. The lowest BCUT2D eigenvalue weighted by molar-refractivity contribution is 0.0605. The molecule has 2 N–H and O–H groups in total. The van der Waals surface area contributed by atoms with Gasteiger partial charge in [-0.15, -0.1) is 11.6 Å². The largest absolute Gasteiger partial charge is 0.487 e. The van der Waals surface area contributed by atoms with Gasteiger partial charge in [-0.3, -0.25) is 0 Å². The maximum absolute atomic E-state index is 5.80. The Bertz CT molecular complexity index is 302. The highest BCUT2D eigenvalue weighted by molar-refractivity contribution is 6.34. The summed E-state index contributed by atoms with van der Waals surface area (Å²) in [7, 11) is 0. The number of rotatable bonds is 5. The molecule has 0 heterocycles. The molecule has 6 heteroatoms. The van der Waals surface area contributed by atoms with E-state index >= 15 is 0 Å². The second-order valence-electron chi connectivity index (χ2n) is 2.83. The second-order valence-corrected chi connectivity index (χ2v) is 4.01. The summed E-state index contributed by atoms with van der Waals surface area (Å²) in [4.78, 5) is 4.45. The standard InChI is InChI=1S/C9H10Cl3NO2/c10-4-9(5-14-13)15-8-2-6(11)1-7(12)3-8/h1-3,9H,4-5,13H2. The van der Waals surface area contributed by atoms with Gasteiger partial charge in [0.2, 0.25) is 0 Å². The van der Waals surface area contributed by atoms with E-state index in [1.165, 1.54) is 0 Å². The van der Waals surface area contributed by atoms with Crippen LogP contribution in [0.4, 0.5) is 0 Å². The third-order valence-electron chi connectivity index (χ3n) is 1.59. The molecule has 1 aromatic rings. The van der Waals surface area contributed by atoms with Gasteiger partial charge in [0.1, 0.15) is 18.5 Å². The molecular weight excluding hydrogens is 260 g/mol. The lowest BCUT2D eigenvalue weighted by Crippen LogP contribution is -2.26. The highest BCUT2D eigenvalue weighted by atomic mass is 35.5. The predicted octanol–water partition coefficient (Wildman–Crippen LogP) is 2.87. The lowest BCUT2D eigenvalue weighted by atomic mass is 10.3. The van der Waals surface area contributed by atoms with E-state index in [0.29, 0.717) is 15.8 Å². The molecule has 1 atom stereocenters. The third-order valence-corrected chi connectivity index (χ3v) is 2.37. The molecule has 0 fully saturated rings. The van der Waals surface area contributed by atoms with Gasteiger partial charge in [0.15, 0.2) is 0 Å². The molecule has 0 saturated carbocycles. The van der Waals surface area contributed by atoms with Crippen molar-refractivity contribution in [3.05, 3.63) is 28.2 Å². The van der Waals surface area contributed by atoms with Crippen molar-refractivity contribution in [2.75, 3.05) is 12.5 Å². The minimum Gasteiger partial charge on any atom is -0.487 e. The molecule has 0 spiro atoms. The molecule has 1 aromatic carbocycles. The molecule has 1 unspecified atom stereocenters. The van der Waals surface area contributed by atoms with Crippen molar-refractivity contribution in [2.45, 2.75) is 6.10 Å². The van der Waals surface area contributed by atoms with Gasteiger partial charge in [0.05, 0.1) is 5.88 Å². The molecular formula is C9H10Cl3NO2. The molecule has 0 saturated heterocycles. The van der Waals surface area contributed by atoms with E-state index in [-0.39, 0.29) is 18.6 Å². The number of nitrogens with two attached hydrogens (primary N) is 1. The van der Waals surface area contributed by atoms with E-state index < -0.39 is 0 Å². The average Bonchev–Trinajstić information content (AvgIpc) is 2.15. The normalized spacial score (nSPS) is 12.5. The van der Waals surface area contributed by atoms with Crippen LogP contribution in [0.3, 0.4) is 0 Å². The molecule has 0 aliphatic rings. The van der Waals surface area contributed by atoms with E-state index in [1.807, 2.05) is 0 Å². The fourth-order valence-corrected chi connectivity index (χ4v) is 1.66. The zero-order chi connectivity index (χ0) is 11.3. The van der Waals surface area contributed by atoms with Crippen LogP contribution in [0.25, 0.3) is 0 Å². The molecule has 84 valence electrons. The third kappa shape index (κ3) is 4.45. The Morgan fingerprint density at radius 3 is 2.27 bits per heavy atom. The Morgan fingerprint density at radius 2 is 1.80 bits per heavy atom. The molecule has 0 aliphatic heterocycles. The van der Waals surface area contributed by atoms with Crippen molar-refractivity contribution >= 4 is 34.8 Å². The fourth-order valence-electron chi connectivity index (χ4n) is 1.01. The van der Waals surface area contributed by atoms with Crippen LogP contribution in [0.2, 0.25) is 10.0 Å². The minimum atomic E-state index is -0.328. The van der Waals surface area contributed by atoms with Gasteiger partial charge in [-0.25, -0.2) is 5.90 Å². The Kier molecular flexibility index (Phi) is 5.50. The zero-order valence-electron chi connectivity index (χ0n) is 7.75. The number of alkyl halides is 1. The van der Waals surface area contributed by atoms with E-state index in [9.17, 15) is 0 Å². The first-order valence-electron chi connectivity index (χ1n) is 4.16. The zero-order valence-corrected chi connectivity index (χ0v) is 10.0. The van der Waals surface area contributed by atoms with Crippen LogP contribution in [-0.4, -0.2) is 18.6 Å². The van der Waals surface area contributed by atoms with Crippen LogP contribution in [0.1, 0.15) is 0 Å². The molecule has 0 aromatic heterocycles. The van der Waals surface area contributed by atoms with Gasteiger partial charge in [-0.2, -0.15) is 0 Å². The van der Waals surface area contributed by atoms with E-state index in [1.54, 1.807) is 18.2 Å². The summed E-state index contributed by atoms with van der Waals surface area (Å²) in [5, 5.41) is 0.999. The topological polar surface area (TPSA) is 44.5 Å². The van der Waals surface area contributed by atoms with E-state index in [0.717, 1.165) is 0 Å². The summed E-state index contributed by atoms with van der Waals surface area (Å²) >= 11 is 17.3. The summed E-state index contributed by atoms with van der Waals surface area (Å²) in [6.45, 7) is 0.202. The van der Waals surface area contributed by atoms with Crippen LogP contribution < -0.4 is 10.6 Å². The van der Waals surface area contributed by atoms with Gasteiger partial charge in [-0.05, 0) is 18.2 Å². The molecule has 0 radical (unpaired) electrons. The van der Waals surface area contributed by atoms with E-state index in [4.69, 9.17) is 45.4 Å². The maximum Gasteiger partial charge on any atom is 0.137 e. The monoisotopic (exact) mass is 269 g/mol. The Hall–Kier alpha value is -0.190. The SMILES string of the molecule is NOCC(CCl)Oc1cc(Cl)cc(Cl)c1. The molecule has 15 heavy (non-hydrogen) atoms. The fraction of sp³-hybridized carbons (Fsp3) is 0.333. The van der Waals surface area contributed by atoms with E-state index in [2.05, 4.69) is 4.84 Å². The van der Waals surface area contributed by atoms with Gasteiger partial charge in [0.25, 0.3) is 0 Å². The van der Waals surface area contributed by atoms with Crippen molar-refractivity contribution in [2.24, 2.45) is 5.90 Å². The van der Waals surface area contributed by atoms with Gasteiger partial charge in [-0.1, -0.05) is 23.2 Å². The van der Waals surface area contributed by atoms with Crippen LogP contribution in [0.15, 0.2) is 18.2 Å². The van der Waals surface area contributed by atoms with Crippen LogP contribution in [0, 0.1) is 0 Å². The Morgan fingerprint density at radius 1 is 1.20 bits per heavy atom. The smallest absolute Gasteiger partial charge is 0.137 e. The second kappa shape index (κ2) is 6.40. The Balaban J connectivity index is 2.69. The first-order valence-corrected chi connectivity index (χ1v) is 5.45. The Labute approximate surface area is 103 Å². The van der Waals surface area contributed by atoms with Crippen molar-refractivity contribution in [1.82, 2.24) is 0 Å². The summed E-state index contributed by atoms with van der Waals surface area (Å²) in [6, 6.07) is 4.90. The van der Waals surface area contributed by atoms with Crippen LogP contribution >= 0.6 is 34.8 Å². The highest BCUT2D eigenvalue weighted by Crippen LogP contribution is 2.25. The molecule has 0 amide bonds. The van der Waals surface area contributed by atoms with Crippen molar-refractivity contribution in [1.29, 1.82) is 0 Å². The summed E-state index contributed by atoms with van der Waals surface area (Å²) < 4.78 is 5.46. The molecule has 0 aliphatic carbocycles. The number of ether oxygens (including phenoxy) is 1. The molecule has 0 bridgehead atoms. The van der Waals surface area contributed by atoms with Crippen LogP contribution in [0.5, 0.6) is 5.75 Å². The number of hydrogen-bond acceptors (Lipinski definition) is 3. The summed E-state index contributed by atoms with van der Waals surface area (Å²) in [6.07, 6.45) is -0.328. The first kappa shape index (κ1) is 12.9. The first-order chi connectivity index (χ1) is 7.15.